The minimum absolute atomic E-state index is 0. The Kier molecular flexibility index (Phi) is 6.34. The van der Waals surface area contributed by atoms with Crippen molar-refractivity contribution in [1.82, 2.24) is 0 Å². The lowest BCUT2D eigenvalue weighted by atomic mass is 10.1. The second kappa shape index (κ2) is 6.71. The van der Waals surface area contributed by atoms with Crippen molar-refractivity contribution in [3.8, 4) is 5.75 Å². The van der Waals surface area contributed by atoms with Gasteiger partial charge in [0.2, 0.25) is 0 Å². The zero-order valence-electron chi connectivity index (χ0n) is 9.33. The van der Waals surface area contributed by atoms with Gasteiger partial charge in [-0.25, -0.2) is 0 Å². The van der Waals surface area contributed by atoms with E-state index >= 15 is 0 Å². The molecule has 0 heterocycles. The van der Waals surface area contributed by atoms with Gasteiger partial charge in [-0.3, -0.25) is 0 Å². The third-order valence-corrected chi connectivity index (χ3v) is 2.04. The lowest BCUT2D eigenvalue weighted by Gasteiger charge is -2.16. The predicted molar refractivity (Wildman–Crippen MR) is 62.5 cm³/mol. The lowest BCUT2D eigenvalue weighted by Crippen LogP contribution is -2.28. The molecule has 0 aliphatic carbocycles. The third kappa shape index (κ3) is 4.83. The first-order valence-electron chi connectivity index (χ1n) is 5.00. The van der Waals surface area contributed by atoms with E-state index in [1.165, 1.54) is 18.2 Å². The van der Waals surface area contributed by atoms with E-state index in [2.05, 4.69) is 0 Å². The number of ether oxygens (including phenoxy) is 1. The van der Waals surface area contributed by atoms with Crippen LogP contribution >= 0.6 is 12.4 Å². The first-order valence-corrected chi connectivity index (χ1v) is 5.00. The molecule has 1 aromatic rings. The highest BCUT2D eigenvalue weighted by molar-refractivity contribution is 5.85. The Morgan fingerprint density at radius 3 is 2.53 bits per heavy atom. The highest BCUT2D eigenvalue weighted by Crippen LogP contribution is 2.31. The Balaban J connectivity index is 0.00000256. The number of halogens is 4. The number of hydrogen-bond donors (Lipinski definition) is 1. The Hall–Kier alpha value is -0.940. The summed E-state index contributed by atoms with van der Waals surface area (Å²) in [5.41, 5.74) is 5.10. The smallest absolute Gasteiger partial charge is 0.407 e. The van der Waals surface area contributed by atoms with Crippen molar-refractivity contribution in [2.75, 3.05) is 6.61 Å². The molecule has 1 rings (SSSR count). The van der Waals surface area contributed by atoms with Gasteiger partial charge in [0.05, 0.1) is 6.61 Å². The molecule has 0 aromatic heterocycles. The molecule has 0 fully saturated rings. The molecule has 6 heteroatoms. The van der Waals surface area contributed by atoms with Gasteiger partial charge in [-0.15, -0.1) is 12.4 Å². The quantitative estimate of drug-likeness (QED) is 0.908. The van der Waals surface area contributed by atoms with E-state index in [4.69, 9.17) is 10.5 Å². The fourth-order valence-corrected chi connectivity index (χ4v) is 1.21. The SMILES string of the molecule is CCCOc1cccc([C@@H](N)C(F)(F)F)c1.Cl. The summed E-state index contributed by atoms with van der Waals surface area (Å²) in [7, 11) is 0. The molecule has 0 amide bonds. The second-order valence-electron chi connectivity index (χ2n) is 3.44. The Labute approximate surface area is 104 Å². The maximum absolute atomic E-state index is 12.4. The fraction of sp³-hybridized carbons (Fsp3) is 0.455. The van der Waals surface area contributed by atoms with Crippen LogP contribution in [0.5, 0.6) is 5.75 Å². The second-order valence-corrected chi connectivity index (χ2v) is 3.44. The molecule has 2 nitrogen and oxygen atoms in total. The number of alkyl halides is 3. The molecule has 17 heavy (non-hydrogen) atoms. The van der Waals surface area contributed by atoms with E-state index < -0.39 is 12.2 Å². The summed E-state index contributed by atoms with van der Waals surface area (Å²) in [5.74, 6) is 0.416. The standard InChI is InChI=1S/C11H14F3NO.ClH/c1-2-6-16-9-5-3-4-8(7-9)10(15)11(12,13)14;/h3-5,7,10H,2,6,15H2,1H3;1H/t10-;/m1./s1. The largest absolute Gasteiger partial charge is 0.494 e. The Morgan fingerprint density at radius 1 is 1.35 bits per heavy atom. The van der Waals surface area contributed by atoms with E-state index in [0.717, 1.165) is 6.42 Å². The molecule has 1 aromatic carbocycles. The lowest BCUT2D eigenvalue weighted by molar-refractivity contribution is -0.149. The monoisotopic (exact) mass is 269 g/mol. The zero-order chi connectivity index (χ0) is 12.2. The maximum Gasteiger partial charge on any atom is 0.407 e. The van der Waals surface area contributed by atoms with Crippen LogP contribution in [0.2, 0.25) is 0 Å². The topological polar surface area (TPSA) is 35.2 Å². The first kappa shape index (κ1) is 16.1. The Bertz CT molecular complexity index is 344. The maximum atomic E-state index is 12.4. The van der Waals surface area contributed by atoms with Gasteiger partial charge in [0, 0.05) is 0 Å². The molecule has 0 spiro atoms. The van der Waals surface area contributed by atoms with Crippen LogP contribution in [0.1, 0.15) is 24.9 Å². The molecule has 0 unspecified atom stereocenters. The van der Waals surface area contributed by atoms with E-state index in [1.54, 1.807) is 6.07 Å². The molecule has 1 atom stereocenters. The highest BCUT2D eigenvalue weighted by atomic mass is 35.5. The Morgan fingerprint density at radius 2 is 2.00 bits per heavy atom. The molecule has 0 radical (unpaired) electrons. The highest BCUT2D eigenvalue weighted by Gasteiger charge is 2.37. The van der Waals surface area contributed by atoms with E-state index in [1.807, 2.05) is 6.92 Å². The summed E-state index contributed by atoms with van der Waals surface area (Å²) in [6.07, 6.45) is -3.63. The summed E-state index contributed by atoms with van der Waals surface area (Å²) in [4.78, 5) is 0. The predicted octanol–water partition coefficient (Wildman–Crippen LogP) is 3.46. The van der Waals surface area contributed by atoms with E-state index in [0.29, 0.717) is 12.4 Å². The number of rotatable bonds is 4. The van der Waals surface area contributed by atoms with Crippen LogP contribution in [-0.2, 0) is 0 Å². The number of nitrogens with two attached hydrogens (primary N) is 1. The zero-order valence-corrected chi connectivity index (χ0v) is 10.1. The summed E-state index contributed by atoms with van der Waals surface area (Å²) >= 11 is 0. The molecule has 0 bridgehead atoms. The number of hydrogen-bond acceptors (Lipinski definition) is 2. The number of benzene rings is 1. The average Bonchev–Trinajstić information content (AvgIpc) is 2.24. The van der Waals surface area contributed by atoms with Crippen LogP contribution in [0.4, 0.5) is 13.2 Å². The molecule has 98 valence electrons. The van der Waals surface area contributed by atoms with Crippen LogP contribution in [0.15, 0.2) is 24.3 Å². The van der Waals surface area contributed by atoms with Crippen molar-refractivity contribution in [2.24, 2.45) is 5.73 Å². The van der Waals surface area contributed by atoms with Crippen molar-refractivity contribution in [2.45, 2.75) is 25.6 Å². The molecule has 0 saturated heterocycles. The van der Waals surface area contributed by atoms with Crippen molar-refractivity contribution in [1.29, 1.82) is 0 Å². The van der Waals surface area contributed by atoms with Crippen molar-refractivity contribution in [3.63, 3.8) is 0 Å². The van der Waals surface area contributed by atoms with Crippen molar-refractivity contribution in [3.05, 3.63) is 29.8 Å². The summed E-state index contributed by atoms with van der Waals surface area (Å²) in [6, 6.07) is 3.83. The van der Waals surface area contributed by atoms with Crippen molar-refractivity contribution >= 4 is 12.4 Å². The molecule has 0 aliphatic heterocycles. The third-order valence-electron chi connectivity index (χ3n) is 2.04. The van der Waals surface area contributed by atoms with Crippen LogP contribution < -0.4 is 10.5 Å². The van der Waals surface area contributed by atoms with Crippen LogP contribution in [0.3, 0.4) is 0 Å². The van der Waals surface area contributed by atoms with Gasteiger partial charge in [-0.2, -0.15) is 13.2 Å². The van der Waals surface area contributed by atoms with Crippen LogP contribution in [-0.4, -0.2) is 12.8 Å². The normalized spacial score (nSPS) is 12.8. The van der Waals surface area contributed by atoms with Gasteiger partial charge < -0.3 is 10.5 Å². The molecule has 0 saturated carbocycles. The average molecular weight is 270 g/mol. The van der Waals surface area contributed by atoms with E-state index in [9.17, 15) is 13.2 Å². The van der Waals surface area contributed by atoms with Crippen LogP contribution in [0.25, 0.3) is 0 Å². The summed E-state index contributed by atoms with van der Waals surface area (Å²) in [5, 5.41) is 0. The van der Waals surface area contributed by atoms with Gasteiger partial charge in [-0.05, 0) is 24.1 Å². The first-order chi connectivity index (χ1) is 7.45. The minimum Gasteiger partial charge on any atom is -0.494 e. The van der Waals surface area contributed by atoms with Gasteiger partial charge in [0.1, 0.15) is 11.8 Å². The molecule has 2 N–H and O–H groups in total. The summed E-state index contributed by atoms with van der Waals surface area (Å²) < 4.78 is 42.3. The van der Waals surface area contributed by atoms with Gasteiger partial charge >= 0.3 is 6.18 Å². The fourth-order valence-electron chi connectivity index (χ4n) is 1.21. The summed E-state index contributed by atoms with van der Waals surface area (Å²) in [6.45, 7) is 2.40. The van der Waals surface area contributed by atoms with Crippen molar-refractivity contribution < 1.29 is 17.9 Å². The minimum atomic E-state index is -4.43. The van der Waals surface area contributed by atoms with Gasteiger partial charge in [-0.1, -0.05) is 19.1 Å². The van der Waals surface area contributed by atoms with Gasteiger partial charge in [0.15, 0.2) is 0 Å². The molecule has 0 aliphatic rings. The van der Waals surface area contributed by atoms with Gasteiger partial charge in [0.25, 0.3) is 0 Å². The van der Waals surface area contributed by atoms with Crippen LogP contribution in [0, 0.1) is 0 Å². The molecular formula is C11H15ClF3NO. The van der Waals surface area contributed by atoms with E-state index in [-0.39, 0.29) is 18.0 Å². The molecular weight excluding hydrogens is 255 g/mol.